The first-order valence-corrected chi connectivity index (χ1v) is 6.78. The molecule has 3 heteroatoms. The number of oxime groups is 1. The maximum Gasteiger partial charge on any atom is 0.142 e. The lowest BCUT2D eigenvalue weighted by Crippen LogP contribution is -2.23. The van der Waals surface area contributed by atoms with Crippen molar-refractivity contribution in [3.8, 4) is 0 Å². The molecule has 0 saturated heterocycles. The molecule has 2 aliphatic rings. The molecular formula is C15H20N2O. The summed E-state index contributed by atoms with van der Waals surface area (Å²) in [6.07, 6.45) is 5.56. The topological polar surface area (TPSA) is 58.6 Å². The number of amidine groups is 1. The van der Waals surface area contributed by atoms with Crippen molar-refractivity contribution in [2.24, 2.45) is 22.7 Å². The monoisotopic (exact) mass is 244 g/mol. The van der Waals surface area contributed by atoms with Crippen LogP contribution in [0.25, 0.3) is 0 Å². The zero-order chi connectivity index (χ0) is 12.7. The van der Waals surface area contributed by atoms with Gasteiger partial charge in [-0.25, -0.2) is 0 Å². The molecule has 96 valence electrons. The Hall–Kier alpha value is -1.51. The minimum Gasteiger partial charge on any atom is -0.409 e. The highest BCUT2D eigenvalue weighted by Gasteiger charge is 2.27. The lowest BCUT2D eigenvalue weighted by molar-refractivity contribution is 0.314. The highest BCUT2D eigenvalue weighted by atomic mass is 16.4. The molecule has 0 bridgehead atoms. The molecule has 2 unspecified atom stereocenters. The number of rotatable bonds is 1. The molecule has 3 nitrogen and oxygen atoms in total. The summed E-state index contributed by atoms with van der Waals surface area (Å²) in [5.74, 6) is 1.36. The molecule has 0 aliphatic heterocycles. The third-order valence-electron chi connectivity index (χ3n) is 4.46. The van der Waals surface area contributed by atoms with Crippen LogP contribution in [0.1, 0.15) is 35.6 Å². The van der Waals surface area contributed by atoms with E-state index in [-0.39, 0.29) is 5.92 Å². The molecule has 0 spiro atoms. The Morgan fingerprint density at radius 1 is 1.17 bits per heavy atom. The molecule has 18 heavy (non-hydrogen) atoms. The number of nitrogens with zero attached hydrogens (tertiary/aromatic N) is 1. The Balaban J connectivity index is 1.91. The summed E-state index contributed by atoms with van der Waals surface area (Å²) in [6.45, 7) is 2.33. The van der Waals surface area contributed by atoms with Crippen LogP contribution in [0.2, 0.25) is 0 Å². The summed E-state index contributed by atoms with van der Waals surface area (Å²) in [7, 11) is 0. The van der Waals surface area contributed by atoms with Crippen LogP contribution in [-0.4, -0.2) is 11.0 Å². The van der Waals surface area contributed by atoms with Crippen molar-refractivity contribution in [3.05, 3.63) is 34.4 Å². The molecule has 1 aromatic carbocycles. The van der Waals surface area contributed by atoms with Crippen molar-refractivity contribution >= 4 is 5.84 Å². The quantitative estimate of drug-likeness (QED) is 0.344. The van der Waals surface area contributed by atoms with Crippen LogP contribution < -0.4 is 5.73 Å². The SMILES string of the molecule is CC1CCc2cc3c(cc2C1)CC(/C(N)=N/O)C3. The van der Waals surface area contributed by atoms with Gasteiger partial charge in [-0.15, -0.1) is 0 Å². The maximum atomic E-state index is 8.78. The van der Waals surface area contributed by atoms with Crippen molar-refractivity contribution in [1.82, 2.24) is 0 Å². The summed E-state index contributed by atoms with van der Waals surface area (Å²) in [5, 5.41) is 11.9. The summed E-state index contributed by atoms with van der Waals surface area (Å²) < 4.78 is 0. The first-order chi connectivity index (χ1) is 8.67. The van der Waals surface area contributed by atoms with Crippen LogP contribution in [0, 0.1) is 11.8 Å². The van der Waals surface area contributed by atoms with E-state index in [4.69, 9.17) is 10.9 Å². The van der Waals surface area contributed by atoms with Gasteiger partial charge in [0.25, 0.3) is 0 Å². The van der Waals surface area contributed by atoms with Crippen molar-refractivity contribution < 1.29 is 5.21 Å². The first kappa shape index (κ1) is 11.6. The Kier molecular flexibility index (Phi) is 2.77. The van der Waals surface area contributed by atoms with Crippen LogP contribution in [0.5, 0.6) is 0 Å². The standard InChI is InChI=1S/C15H20N2O/c1-9-2-3-10-5-12-7-14(15(16)17-18)8-13(12)6-11(10)4-9/h5-6,9,14,18H,2-4,7-8H2,1H3,(H2,16,17). The summed E-state index contributed by atoms with van der Waals surface area (Å²) >= 11 is 0. The van der Waals surface area contributed by atoms with E-state index in [1.807, 2.05) is 0 Å². The molecule has 3 N–H and O–H groups in total. The zero-order valence-corrected chi connectivity index (χ0v) is 10.8. The van der Waals surface area contributed by atoms with Gasteiger partial charge in [0.05, 0.1) is 0 Å². The van der Waals surface area contributed by atoms with E-state index in [9.17, 15) is 0 Å². The van der Waals surface area contributed by atoms with Crippen LogP contribution in [0.15, 0.2) is 17.3 Å². The molecule has 3 rings (SSSR count). The van der Waals surface area contributed by atoms with Crippen LogP contribution >= 0.6 is 0 Å². The van der Waals surface area contributed by atoms with E-state index < -0.39 is 0 Å². The number of aryl methyl sites for hydroxylation is 1. The Labute approximate surface area is 108 Å². The third-order valence-corrected chi connectivity index (χ3v) is 4.46. The largest absolute Gasteiger partial charge is 0.409 e. The van der Waals surface area contributed by atoms with Crippen LogP contribution in [-0.2, 0) is 25.7 Å². The fourth-order valence-corrected chi connectivity index (χ4v) is 3.37. The molecular weight excluding hydrogens is 224 g/mol. The van der Waals surface area contributed by atoms with Gasteiger partial charge in [0.15, 0.2) is 0 Å². The van der Waals surface area contributed by atoms with E-state index in [0.717, 1.165) is 18.8 Å². The fourth-order valence-electron chi connectivity index (χ4n) is 3.37. The van der Waals surface area contributed by atoms with E-state index in [0.29, 0.717) is 5.84 Å². The van der Waals surface area contributed by atoms with Crippen LogP contribution in [0.3, 0.4) is 0 Å². The molecule has 0 saturated carbocycles. The van der Waals surface area contributed by atoms with Gasteiger partial charge >= 0.3 is 0 Å². The Morgan fingerprint density at radius 2 is 1.78 bits per heavy atom. The van der Waals surface area contributed by atoms with Gasteiger partial charge in [0.2, 0.25) is 0 Å². The van der Waals surface area contributed by atoms with E-state index in [2.05, 4.69) is 24.2 Å². The molecule has 0 heterocycles. The van der Waals surface area contributed by atoms with Crippen LogP contribution in [0.4, 0.5) is 0 Å². The smallest absolute Gasteiger partial charge is 0.142 e. The normalized spacial score (nSPS) is 26.8. The average molecular weight is 244 g/mol. The second kappa shape index (κ2) is 4.30. The Morgan fingerprint density at radius 3 is 2.44 bits per heavy atom. The first-order valence-electron chi connectivity index (χ1n) is 6.78. The third kappa shape index (κ3) is 1.88. The predicted octanol–water partition coefficient (Wildman–Crippen LogP) is 2.27. The molecule has 0 amide bonds. The second-order valence-corrected chi connectivity index (χ2v) is 5.87. The van der Waals surface area contributed by atoms with Gasteiger partial charge in [-0.2, -0.15) is 0 Å². The molecule has 1 aromatic rings. The van der Waals surface area contributed by atoms with Crippen molar-refractivity contribution in [2.45, 2.75) is 39.0 Å². The van der Waals surface area contributed by atoms with Gasteiger partial charge in [-0.1, -0.05) is 24.2 Å². The van der Waals surface area contributed by atoms with Gasteiger partial charge in [0, 0.05) is 5.92 Å². The molecule has 2 atom stereocenters. The van der Waals surface area contributed by atoms with Gasteiger partial charge in [-0.05, 0) is 60.3 Å². The minimum atomic E-state index is 0.186. The van der Waals surface area contributed by atoms with Crippen molar-refractivity contribution in [1.29, 1.82) is 0 Å². The van der Waals surface area contributed by atoms with Crippen molar-refractivity contribution in [3.63, 3.8) is 0 Å². The number of hydrogen-bond acceptors (Lipinski definition) is 2. The molecule has 2 aliphatic carbocycles. The van der Waals surface area contributed by atoms with E-state index >= 15 is 0 Å². The number of nitrogens with two attached hydrogens (primary N) is 1. The molecule has 0 fully saturated rings. The molecule has 0 aromatic heterocycles. The maximum absolute atomic E-state index is 8.78. The highest BCUT2D eigenvalue weighted by Crippen LogP contribution is 2.33. The average Bonchev–Trinajstić information content (AvgIpc) is 2.77. The minimum absolute atomic E-state index is 0.186. The van der Waals surface area contributed by atoms with Crippen molar-refractivity contribution in [2.75, 3.05) is 0 Å². The number of fused-ring (bicyclic) bond motifs is 2. The molecule has 0 radical (unpaired) electrons. The van der Waals surface area contributed by atoms with Gasteiger partial charge in [0.1, 0.15) is 5.84 Å². The zero-order valence-electron chi connectivity index (χ0n) is 10.8. The predicted molar refractivity (Wildman–Crippen MR) is 71.9 cm³/mol. The Bertz CT molecular complexity index is 507. The summed E-state index contributed by atoms with van der Waals surface area (Å²) in [5.41, 5.74) is 11.6. The highest BCUT2D eigenvalue weighted by molar-refractivity contribution is 5.83. The number of benzene rings is 1. The van der Waals surface area contributed by atoms with Gasteiger partial charge < -0.3 is 10.9 Å². The van der Waals surface area contributed by atoms with E-state index in [1.54, 1.807) is 0 Å². The van der Waals surface area contributed by atoms with E-state index in [1.165, 1.54) is 41.5 Å². The second-order valence-electron chi connectivity index (χ2n) is 5.87. The summed E-state index contributed by atoms with van der Waals surface area (Å²) in [6, 6.07) is 4.73. The lowest BCUT2D eigenvalue weighted by Gasteiger charge is -2.22. The van der Waals surface area contributed by atoms with Gasteiger partial charge in [-0.3, -0.25) is 0 Å². The lowest BCUT2D eigenvalue weighted by atomic mass is 9.83. The number of hydrogen-bond donors (Lipinski definition) is 2. The fraction of sp³-hybridized carbons (Fsp3) is 0.533. The summed E-state index contributed by atoms with van der Waals surface area (Å²) in [4.78, 5) is 0.